The number of thioether (sulfide) groups is 1. The smallest absolute Gasteiger partial charge is 0.0244 e. The third kappa shape index (κ3) is 3.97. The van der Waals surface area contributed by atoms with Crippen LogP contribution in [0.15, 0.2) is 0 Å². The molecule has 2 unspecified atom stereocenters. The number of nitrogens with one attached hydrogen (secondary N) is 1. The van der Waals surface area contributed by atoms with Gasteiger partial charge >= 0.3 is 0 Å². The molecule has 1 aliphatic heterocycles. The summed E-state index contributed by atoms with van der Waals surface area (Å²) < 4.78 is 0. The molecule has 0 radical (unpaired) electrons. The minimum atomic E-state index is 0.373. The van der Waals surface area contributed by atoms with E-state index < -0.39 is 0 Å². The molecule has 0 spiro atoms. The van der Waals surface area contributed by atoms with E-state index in [4.69, 9.17) is 0 Å². The zero-order chi connectivity index (χ0) is 11.5. The fourth-order valence-corrected chi connectivity index (χ4v) is 2.79. The van der Waals surface area contributed by atoms with Crippen molar-refractivity contribution in [2.45, 2.75) is 39.8 Å². The van der Waals surface area contributed by atoms with Gasteiger partial charge in [0, 0.05) is 37.5 Å². The Labute approximate surface area is 99.2 Å². The molecule has 1 aliphatic rings. The summed E-state index contributed by atoms with van der Waals surface area (Å²) in [5.74, 6) is 1.25. The van der Waals surface area contributed by atoms with Crippen LogP contribution >= 0.6 is 11.8 Å². The van der Waals surface area contributed by atoms with Gasteiger partial charge in [-0.25, -0.2) is 0 Å². The van der Waals surface area contributed by atoms with Crippen LogP contribution in [0, 0.1) is 5.41 Å². The Hall–Kier alpha value is 0.270. The minimum Gasteiger partial charge on any atom is -0.311 e. The molecule has 3 heteroatoms. The lowest BCUT2D eigenvalue weighted by atomic mass is 9.85. The molecule has 2 nitrogen and oxygen atoms in total. The van der Waals surface area contributed by atoms with Gasteiger partial charge in [-0.2, -0.15) is 11.8 Å². The van der Waals surface area contributed by atoms with Crippen LogP contribution in [0.2, 0.25) is 0 Å². The van der Waals surface area contributed by atoms with Crippen molar-refractivity contribution >= 4 is 11.8 Å². The maximum absolute atomic E-state index is 3.64. The van der Waals surface area contributed by atoms with Crippen molar-refractivity contribution in [2.24, 2.45) is 5.41 Å². The summed E-state index contributed by atoms with van der Waals surface area (Å²) in [6.45, 7) is 12.9. The van der Waals surface area contributed by atoms with Crippen LogP contribution in [0.25, 0.3) is 0 Å². The molecule has 1 fully saturated rings. The lowest BCUT2D eigenvalue weighted by Crippen LogP contribution is -2.58. The summed E-state index contributed by atoms with van der Waals surface area (Å²) in [6.07, 6.45) is 2.19. The van der Waals surface area contributed by atoms with Crippen molar-refractivity contribution < 1.29 is 0 Å². The van der Waals surface area contributed by atoms with Crippen LogP contribution in [0.4, 0.5) is 0 Å². The van der Waals surface area contributed by atoms with Gasteiger partial charge < -0.3 is 5.32 Å². The Morgan fingerprint density at radius 2 is 2.13 bits per heavy atom. The first-order valence-electron chi connectivity index (χ1n) is 5.91. The zero-order valence-corrected chi connectivity index (χ0v) is 11.7. The normalized spacial score (nSPS) is 26.6. The molecule has 2 atom stereocenters. The topological polar surface area (TPSA) is 15.3 Å². The van der Waals surface area contributed by atoms with E-state index in [-0.39, 0.29) is 0 Å². The molecule has 0 bridgehead atoms. The maximum Gasteiger partial charge on any atom is 0.0244 e. The van der Waals surface area contributed by atoms with E-state index in [1.165, 1.54) is 18.8 Å². The maximum atomic E-state index is 3.64. The summed E-state index contributed by atoms with van der Waals surface area (Å²) in [6, 6.07) is 1.35. The van der Waals surface area contributed by atoms with Crippen molar-refractivity contribution in [3.63, 3.8) is 0 Å². The van der Waals surface area contributed by atoms with E-state index in [9.17, 15) is 0 Å². The van der Waals surface area contributed by atoms with Gasteiger partial charge in [0.2, 0.25) is 0 Å². The average molecular weight is 230 g/mol. The Morgan fingerprint density at radius 3 is 2.67 bits per heavy atom. The van der Waals surface area contributed by atoms with Crippen LogP contribution in [0.3, 0.4) is 0 Å². The number of hydrogen-bond acceptors (Lipinski definition) is 3. The molecule has 1 heterocycles. The van der Waals surface area contributed by atoms with Gasteiger partial charge in [-0.3, -0.25) is 4.90 Å². The van der Waals surface area contributed by atoms with E-state index in [0.29, 0.717) is 17.5 Å². The van der Waals surface area contributed by atoms with E-state index in [0.717, 1.165) is 6.54 Å². The van der Waals surface area contributed by atoms with Gasteiger partial charge in [0.25, 0.3) is 0 Å². The highest BCUT2D eigenvalue weighted by molar-refractivity contribution is 7.98. The average Bonchev–Trinajstić information content (AvgIpc) is 2.17. The highest BCUT2D eigenvalue weighted by Gasteiger charge is 2.30. The minimum absolute atomic E-state index is 0.373. The fourth-order valence-electron chi connectivity index (χ4n) is 2.10. The SMILES string of the molecule is CSCC(C)N1CCNC(C(C)(C)C)C1. The standard InChI is InChI=1S/C12H26N2S/c1-10(9-15-5)14-7-6-13-11(8-14)12(2,3)4/h10-11,13H,6-9H2,1-5H3. The van der Waals surface area contributed by atoms with Gasteiger partial charge in [0.1, 0.15) is 0 Å². The number of nitrogens with zero attached hydrogens (tertiary/aromatic N) is 1. The van der Waals surface area contributed by atoms with Crippen molar-refractivity contribution in [1.82, 2.24) is 10.2 Å². The molecule has 0 amide bonds. The number of hydrogen-bond donors (Lipinski definition) is 1. The number of rotatable bonds is 3. The molecule has 90 valence electrons. The molecule has 0 aromatic heterocycles. The second-order valence-electron chi connectivity index (χ2n) is 5.67. The Balaban J connectivity index is 2.48. The summed E-state index contributed by atoms with van der Waals surface area (Å²) in [5.41, 5.74) is 0.373. The van der Waals surface area contributed by atoms with Crippen LogP contribution in [-0.4, -0.2) is 48.6 Å². The largest absolute Gasteiger partial charge is 0.311 e. The van der Waals surface area contributed by atoms with Crippen molar-refractivity contribution in [3.8, 4) is 0 Å². The molecular weight excluding hydrogens is 204 g/mol. The summed E-state index contributed by atoms with van der Waals surface area (Å²) in [5, 5.41) is 3.64. The lowest BCUT2D eigenvalue weighted by molar-refractivity contribution is 0.112. The first-order valence-corrected chi connectivity index (χ1v) is 7.31. The highest BCUT2D eigenvalue weighted by Crippen LogP contribution is 2.22. The molecule has 1 rings (SSSR count). The molecule has 0 aromatic rings. The molecule has 0 aromatic carbocycles. The molecular formula is C12H26N2S. The third-order valence-corrected chi connectivity index (χ3v) is 4.10. The fraction of sp³-hybridized carbons (Fsp3) is 1.00. The van der Waals surface area contributed by atoms with Gasteiger partial charge in [0.15, 0.2) is 0 Å². The van der Waals surface area contributed by atoms with Gasteiger partial charge in [-0.1, -0.05) is 20.8 Å². The van der Waals surface area contributed by atoms with Crippen molar-refractivity contribution in [3.05, 3.63) is 0 Å². The van der Waals surface area contributed by atoms with Crippen molar-refractivity contribution in [1.29, 1.82) is 0 Å². The quantitative estimate of drug-likeness (QED) is 0.799. The predicted molar refractivity (Wildman–Crippen MR) is 70.7 cm³/mol. The first-order chi connectivity index (χ1) is 6.95. The predicted octanol–water partition coefficient (Wildman–Crippen LogP) is 2.06. The van der Waals surface area contributed by atoms with Gasteiger partial charge in [-0.15, -0.1) is 0 Å². The highest BCUT2D eigenvalue weighted by atomic mass is 32.2. The molecule has 0 aliphatic carbocycles. The first kappa shape index (κ1) is 13.3. The monoisotopic (exact) mass is 230 g/mol. The molecule has 1 saturated heterocycles. The molecule has 0 saturated carbocycles. The van der Waals surface area contributed by atoms with Crippen LogP contribution in [0.5, 0.6) is 0 Å². The van der Waals surface area contributed by atoms with Crippen molar-refractivity contribution in [2.75, 3.05) is 31.6 Å². The van der Waals surface area contributed by atoms with E-state index in [1.807, 2.05) is 11.8 Å². The third-order valence-electron chi connectivity index (χ3n) is 3.28. The lowest BCUT2D eigenvalue weighted by Gasteiger charge is -2.42. The van der Waals surface area contributed by atoms with Crippen LogP contribution in [0.1, 0.15) is 27.7 Å². The summed E-state index contributed by atoms with van der Waals surface area (Å²) >= 11 is 1.95. The van der Waals surface area contributed by atoms with E-state index in [2.05, 4.69) is 44.2 Å². The van der Waals surface area contributed by atoms with Crippen LogP contribution < -0.4 is 5.32 Å². The molecule has 15 heavy (non-hydrogen) atoms. The molecule has 1 N–H and O–H groups in total. The second kappa shape index (κ2) is 5.55. The Bertz CT molecular complexity index is 189. The Morgan fingerprint density at radius 1 is 1.47 bits per heavy atom. The van der Waals surface area contributed by atoms with E-state index >= 15 is 0 Å². The van der Waals surface area contributed by atoms with E-state index in [1.54, 1.807) is 0 Å². The second-order valence-corrected chi connectivity index (χ2v) is 6.58. The number of piperazine rings is 1. The van der Waals surface area contributed by atoms with Crippen LogP contribution in [-0.2, 0) is 0 Å². The van der Waals surface area contributed by atoms with Gasteiger partial charge in [-0.05, 0) is 18.6 Å². The summed E-state index contributed by atoms with van der Waals surface area (Å²) in [7, 11) is 0. The zero-order valence-electron chi connectivity index (χ0n) is 10.8. The van der Waals surface area contributed by atoms with Gasteiger partial charge in [0.05, 0.1) is 0 Å². The summed E-state index contributed by atoms with van der Waals surface area (Å²) in [4.78, 5) is 2.63. The Kier molecular flexibility index (Phi) is 4.94.